The molecule has 0 aromatic heterocycles. The molecule has 12 heteroatoms. The number of amides is 2. The summed E-state index contributed by atoms with van der Waals surface area (Å²) >= 11 is 6.32. The number of hydrogen-bond acceptors (Lipinski definition) is 7. The fourth-order valence-corrected chi connectivity index (χ4v) is 4.63. The minimum atomic E-state index is -1.26. The average Bonchev–Trinajstić information content (AvgIpc) is 2.88. The van der Waals surface area contributed by atoms with Crippen molar-refractivity contribution in [1.29, 1.82) is 0 Å². The molecule has 1 heterocycles. The number of aliphatic hydroxyl groups excluding tert-OH is 1. The molecule has 1 fully saturated rings. The van der Waals surface area contributed by atoms with E-state index in [1.165, 1.54) is 0 Å². The molecule has 230 valence electrons. The third kappa shape index (κ3) is 12.2. The van der Waals surface area contributed by atoms with Gasteiger partial charge in [-0.15, -0.1) is 0 Å². The van der Waals surface area contributed by atoms with E-state index >= 15 is 0 Å². The maximum Gasteiger partial charge on any atom is 0.328 e. The summed E-state index contributed by atoms with van der Waals surface area (Å²) < 4.78 is 0. The van der Waals surface area contributed by atoms with Gasteiger partial charge in [-0.25, -0.2) is 9.59 Å². The lowest BCUT2D eigenvalue weighted by Gasteiger charge is -2.47. The highest BCUT2D eigenvalue weighted by Gasteiger charge is 2.40. The molecule has 1 aliphatic rings. The van der Waals surface area contributed by atoms with Crippen LogP contribution in [0.4, 0.5) is 5.69 Å². The van der Waals surface area contributed by atoms with Gasteiger partial charge >= 0.3 is 11.9 Å². The summed E-state index contributed by atoms with van der Waals surface area (Å²) in [6, 6.07) is 6.75. The zero-order valence-electron chi connectivity index (χ0n) is 24.5. The number of rotatable bonds is 13. The molecule has 0 saturated carbocycles. The zero-order chi connectivity index (χ0) is 31.3. The van der Waals surface area contributed by atoms with Gasteiger partial charge in [0.15, 0.2) is 0 Å². The number of carboxylic acid groups (broad SMARTS) is 2. The monoisotopic (exact) mass is 596 g/mol. The van der Waals surface area contributed by atoms with Crippen LogP contribution in [-0.2, 0) is 19.2 Å². The first kappa shape index (κ1) is 36.0. The first-order valence-electron chi connectivity index (χ1n) is 13.8. The van der Waals surface area contributed by atoms with Crippen LogP contribution in [0.1, 0.15) is 53.9 Å². The maximum absolute atomic E-state index is 12.9. The Morgan fingerprint density at radius 3 is 2.24 bits per heavy atom. The molecular formula is C29H45ClN4O7. The summed E-state index contributed by atoms with van der Waals surface area (Å²) in [5.41, 5.74) is 6.73. The number of nitrogens with zero attached hydrogens (tertiary/aromatic N) is 2. The van der Waals surface area contributed by atoms with Gasteiger partial charge in [-0.05, 0) is 44.7 Å². The molecule has 2 rings (SSSR count). The van der Waals surface area contributed by atoms with Gasteiger partial charge in [0.25, 0.3) is 0 Å². The number of hydrogen-bond donors (Lipinski definition) is 5. The molecule has 41 heavy (non-hydrogen) atoms. The van der Waals surface area contributed by atoms with Gasteiger partial charge in [0.05, 0.1) is 23.4 Å². The number of carboxylic acids is 2. The van der Waals surface area contributed by atoms with E-state index in [4.69, 9.17) is 27.5 Å². The minimum absolute atomic E-state index is 0.0337. The van der Waals surface area contributed by atoms with E-state index in [1.807, 2.05) is 36.9 Å². The number of nitrogens with one attached hydrogen (secondary N) is 1. The summed E-state index contributed by atoms with van der Waals surface area (Å²) in [5.74, 6) is -2.83. The molecule has 1 saturated heterocycles. The van der Waals surface area contributed by atoms with Crippen molar-refractivity contribution in [1.82, 2.24) is 10.2 Å². The van der Waals surface area contributed by atoms with Gasteiger partial charge in [-0.2, -0.15) is 0 Å². The van der Waals surface area contributed by atoms with Crippen LogP contribution in [0.5, 0.6) is 0 Å². The average molecular weight is 597 g/mol. The van der Waals surface area contributed by atoms with Gasteiger partial charge in [-0.3, -0.25) is 14.5 Å². The van der Waals surface area contributed by atoms with Gasteiger partial charge < -0.3 is 31.3 Å². The minimum Gasteiger partial charge on any atom is -0.478 e. The number of aliphatic carboxylic acids is 2. The molecule has 3 atom stereocenters. The van der Waals surface area contributed by atoms with Crippen LogP contribution >= 0.6 is 11.6 Å². The van der Waals surface area contributed by atoms with Crippen LogP contribution in [-0.4, -0.2) is 87.8 Å². The van der Waals surface area contributed by atoms with E-state index in [2.05, 4.69) is 26.1 Å². The van der Waals surface area contributed by atoms with Crippen LogP contribution in [0.2, 0.25) is 5.02 Å². The molecule has 0 bridgehead atoms. The lowest BCUT2D eigenvalue weighted by Crippen LogP contribution is -2.64. The fourth-order valence-electron chi connectivity index (χ4n) is 4.39. The summed E-state index contributed by atoms with van der Waals surface area (Å²) in [4.78, 5) is 48.4. The molecule has 0 aliphatic carbocycles. The number of unbranched alkanes of at least 4 members (excludes halogenated alkanes) is 1. The number of halogens is 1. The van der Waals surface area contributed by atoms with Crippen LogP contribution in [0, 0.1) is 11.8 Å². The normalized spacial score (nSPS) is 17.5. The van der Waals surface area contributed by atoms with Gasteiger partial charge in [0.1, 0.15) is 0 Å². The SMILES string of the molecule is CCCCNC(=O)[C@@H](C[C@H](O)[C@@H](N)CN1CC(=O)N(c2ccccc2Cl)CC1(C)C)C(C)C.O=C(O)/C=C/C(=O)O. The summed E-state index contributed by atoms with van der Waals surface area (Å²) in [6.45, 7) is 11.8. The number of piperazine rings is 1. The van der Waals surface area contributed by atoms with Crippen molar-refractivity contribution in [3.63, 3.8) is 0 Å². The van der Waals surface area contributed by atoms with Crippen molar-refractivity contribution in [2.45, 2.75) is 71.6 Å². The van der Waals surface area contributed by atoms with Gasteiger partial charge in [0.2, 0.25) is 11.8 Å². The van der Waals surface area contributed by atoms with Crippen molar-refractivity contribution in [3.05, 3.63) is 41.4 Å². The van der Waals surface area contributed by atoms with Crippen molar-refractivity contribution < 1.29 is 34.5 Å². The Morgan fingerprint density at radius 2 is 1.73 bits per heavy atom. The third-order valence-electron chi connectivity index (χ3n) is 6.93. The molecule has 0 spiro atoms. The Morgan fingerprint density at radius 1 is 1.15 bits per heavy atom. The Bertz CT molecular complexity index is 1050. The quantitative estimate of drug-likeness (QED) is 0.169. The number of carbonyl (C=O) groups excluding carboxylic acids is 2. The lowest BCUT2D eigenvalue weighted by atomic mass is 9.87. The third-order valence-corrected chi connectivity index (χ3v) is 7.25. The van der Waals surface area contributed by atoms with E-state index < -0.39 is 24.1 Å². The highest BCUT2D eigenvalue weighted by atomic mass is 35.5. The number of benzene rings is 1. The first-order valence-corrected chi connectivity index (χ1v) is 14.1. The highest BCUT2D eigenvalue weighted by Crippen LogP contribution is 2.31. The van der Waals surface area contributed by atoms with E-state index in [0.717, 1.165) is 12.8 Å². The number of anilines is 1. The Labute approximate surface area is 247 Å². The Hall–Kier alpha value is -2.99. The molecule has 0 radical (unpaired) electrons. The van der Waals surface area contributed by atoms with E-state index in [1.54, 1.807) is 11.0 Å². The summed E-state index contributed by atoms with van der Waals surface area (Å²) in [5, 5.41) is 30.0. The Balaban J connectivity index is 0.000000915. The van der Waals surface area contributed by atoms with Crippen LogP contribution in [0.15, 0.2) is 36.4 Å². The van der Waals surface area contributed by atoms with Crippen LogP contribution in [0.3, 0.4) is 0 Å². The largest absolute Gasteiger partial charge is 0.478 e. The van der Waals surface area contributed by atoms with Crippen molar-refractivity contribution in [3.8, 4) is 0 Å². The predicted octanol–water partition coefficient (Wildman–Crippen LogP) is 2.75. The van der Waals surface area contributed by atoms with Gasteiger partial charge in [-0.1, -0.05) is 50.9 Å². The van der Waals surface area contributed by atoms with Crippen molar-refractivity contribution in [2.75, 3.05) is 31.1 Å². The van der Waals surface area contributed by atoms with E-state index in [0.29, 0.717) is 48.9 Å². The topological polar surface area (TPSA) is 173 Å². The second-order valence-corrected chi connectivity index (χ2v) is 11.5. The Kier molecular flexibility index (Phi) is 15.0. The lowest BCUT2D eigenvalue weighted by molar-refractivity contribution is -0.134. The van der Waals surface area contributed by atoms with Crippen molar-refractivity contribution >= 4 is 41.0 Å². The first-order chi connectivity index (χ1) is 19.1. The predicted molar refractivity (Wildman–Crippen MR) is 159 cm³/mol. The van der Waals surface area contributed by atoms with Gasteiger partial charge in [0, 0.05) is 49.3 Å². The second-order valence-electron chi connectivity index (χ2n) is 11.1. The number of para-hydroxylation sites is 1. The molecular weight excluding hydrogens is 552 g/mol. The zero-order valence-corrected chi connectivity index (χ0v) is 25.3. The molecule has 0 unspecified atom stereocenters. The van der Waals surface area contributed by atoms with E-state index in [9.17, 15) is 24.3 Å². The van der Waals surface area contributed by atoms with Crippen LogP contribution in [0.25, 0.3) is 0 Å². The molecule has 1 aliphatic heterocycles. The smallest absolute Gasteiger partial charge is 0.328 e. The summed E-state index contributed by atoms with van der Waals surface area (Å²) in [6.07, 6.45) is 2.51. The maximum atomic E-state index is 12.9. The number of nitrogens with two attached hydrogens (primary N) is 1. The van der Waals surface area contributed by atoms with E-state index in [-0.39, 0.29) is 35.7 Å². The fraction of sp³-hybridized carbons (Fsp3) is 0.586. The molecule has 2 amide bonds. The van der Waals surface area contributed by atoms with Crippen LogP contribution < -0.4 is 16.0 Å². The second kappa shape index (κ2) is 17.1. The molecule has 6 N–H and O–H groups in total. The van der Waals surface area contributed by atoms with Crippen molar-refractivity contribution in [2.24, 2.45) is 17.6 Å². The molecule has 1 aromatic rings. The summed E-state index contributed by atoms with van der Waals surface area (Å²) in [7, 11) is 0. The highest BCUT2D eigenvalue weighted by molar-refractivity contribution is 6.33. The molecule has 1 aromatic carbocycles. The standard InChI is InChI=1S/C25H41ClN4O3.C4H4O4/c1-6-7-12-28-24(33)18(17(2)3)13-22(31)20(27)14-29-15-23(32)30(16-25(29,4)5)21-11-9-8-10-19(21)26;5-3(6)1-2-4(7)8/h8-11,17-18,20,22,31H,6-7,12-16,27H2,1-5H3,(H,28,33);1-2H,(H,5,6)(H,7,8)/b;2-1+/t18-,20-,22-;/m0./s1. The number of carbonyl (C=O) groups is 4. The number of aliphatic hydroxyl groups is 1. The molecule has 11 nitrogen and oxygen atoms in total.